The van der Waals surface area contributed by atoms with Crippen LogP contribution in [0.5, 0.6) is 0 Å². The molecule has 0 bridgehead atoms. The first-order chi connectivity index (χ1) is 12.6. The molecule has 7 nitrogen and oxygen atoms in total. The van der Waals surface area contributed by atoms with Crippen molar-refractivity contribution >= 4 is 5.91 Å². The maximum absolute atomic E-state index is 12.7. The van der Waals surface area contributed by atoms with E-state index in [9.17, 15) is 9.59 Å². The Bertz CT molecular complexity index is 929. The highest BCUT2D eigenvalue weighted by molar-refractivity contribution is 5.94. The predicted octanol–water partition coefficient (Wildman–Crippen LogP) is 2.10. The third-order valence-corrected chi connectivity index (χ3v) is 4.20. The van der Waals surface area contributed by atoms with Crippen LogP contribution in [0.25, 0.3) is 11.1 Å². The molecular formula is C19H21N5O2. The number of benzene rings is 1. The summed E-state index contributed by atoms with van der Waals surface area (Å²) >= 11 is 0. The SMILES string of the molecule is CCN(CCn1cccn1)C(=O)c1ccc(-c2cc(C)n[nH]c2=O)cc1. The molecule has 0 spiro atoms. The predicted molar refractivity (Wildman–Crippen MR) is 98.8 cm³/mol. The van der Waals surface area contributed by atoms with E-state index in [2.05, 4.69) is 15.3 Å². The zero-order valence-electron chi connectivity index (χ0n) is 14.8. The van der Waals surface area contributed by atoms with Crippen molar-refractivity contribution in [1.82, 2.24) is 24.9 Å². The van der Waals surface area contributed by atoms with Gasteiger partial charge >= 0.3 is 0 Å². The highest BCUT2D eigenvalue weighted by Gasteiger charge is 2.14. The lowest BCUT2D eigenvalue weighted by molar-refractivity contribution is 0.0757. The molecule has 0 aliphatic rings. The zero-order chi connectivity index (χ0) is 18.5. The van der Waals surface area contributed by atoms with E-state index < -0.39 is 0 Å². The first kappa shape index (κ1) is 17.6. The molecule has 1 amide bonds. The highest BCUT2D eigenvalue weighted by Crippen LogP contribution is 2.17. The number of carbonyl (C=O) groups is 1. The highest BCUT2D eigenvalue weighted by atomic mass is 16.2. The molecule has 1 N–H and O–H groups in total. The summed E-state index contributed by atoms with van der Waals surface area (Å²) in [6.45, 7) is 5.62. The summed E-state index contributed by atoms with van der Waals surface area (Å²) in [5.41, 5.74) is 2.38. The van der Waals surface area contributed by atoms with E-state index in [4.69, 9.17) is 0 Å². The van der Waals surface area contributed by atoms with E-state index in [-0.39, 0.29) is 11.5 Å². The minimum absolute atomic E-state index is 0.0361. The van der Waals surface area contributed by atoms with Crippen molar-refractivity contribution in [2.24, 2.45) is 0 Å². The average molecular weight is 351 g/mol. The van der Waals surface area contributed by atoms with Gasteiger partial charge in [0.1, 0.15) is 0 Å². The maximum Gasteiger partial charge on any atom is 0.272 e. The molecule has 0 aliphatic carbocycles. The first-order valence-electron chi connectivity index (χ1n) is 8.52. The molecule has 2 aromatic heterocycles. The summed E-state index contributed by atoms with van der Waals surface area (Å²) < 4.78 is 1.80. The van der Waals surface area contributed by atoms with Crippen LogP contribution in [0.1, 0.15) is 23.0 Å². The number of aromatic nitrogens is 4. The Morgan fingerprint density at radius 1 is 1.27 bits per heavy atom. The number of aryl methyl sites for hydroxylation is 1. The molecule has 1 aromatic carbocycles. The van der Waals surface area contributed by atoms with Gasteiger partial charge in [0.2, 0.25) is 0 Å². The van der Waals surface area contributed by atoms with Gasteiger partial charge < -0.3 is 4.90 Å². The number of nitrogens with zero attached hydrogens (tertiary/aromatic N) is 4. The van der Waals surface area contributed by atoms with Crippen LogP contribution in [-0.4, -0.2) is 43.9 Å². The Hall–Kier alpha value is -3.22. The molecule has 3 rings (SSSR count). The number of carbonyl (C=O) groups excluding carboxylic acids is 1. The third-order valence-electron chi connectivity index (χ3n) is 4.20. The summed E-state index contributed by atoms with van der Waals surface area (Å²) in [6, 6.07) is 10.7. The van der Waals surface area contributed by atoms with E-state index in [1.54, 1.807) is 46.1 Å². The molecular weight excluding hydrogens is 330 g/mol. The fraction of sp³-hybridized carbons (Fsp3) is 0.263. The molecule has 0 unspecified atom stereocenters. The van der Waals surface area contributed by atoms with E-state index in [1.165, 1.54) is 0 Å². The minimum atomic E-state index is -0.246. The van der Waals surface area contributed by atoms with Crippen molar-refractivity contribution < 1.29 is 4.79 Å². The van der Waals surface area contributed by atoms with Crippen LogP contribution in [0.3, 0.4) is 0 Å². The lowest BCUT2D eigenvalue weighted by Crippen LogP contribution is -2.33. The van der Waals surface area contributed by atoms with E-state index >= 15 is 0 Å². The Morgan fingerprint density at radius 3 is 2.69 bits per heavy atom. The summed E-state index contributed by atoms with van der Waals surface area (Å²) in [5, 5.41) is 10.5. The number of rotatable bonds is 6. The van der Waals surface area contributed by atoms with E-state index in [1.807, 2.05) is 26.1 Å². The van der Waals surface area contributed by atoms with Gasteiger partial charge in [-0.1, -0.05) is 12.1 Å². The van der Waals surface area contributed by atoms with Crippen molar-refractivity contribution in [2.75, 3.05) is 13.1 Å². The Kier molecular flexibility index (Phi) is 5.26. The molecule has 0 atom stereocenters. The summed E-state index contributed by atoms with van der Waals surface area (Å²) in [6.07, 6.45) is 3.60. The standard InChI is InChI=1S/C19H21N5O2/c1-3-23(11-12-24-10-4-9-20-24)19(26)16-7-5-15(6-8-16)17-13-14(2)21-22-18(17)25/h4-10,13H,3,11-12H2,1-2H3,(H,22,25). The molecule has 0 saturated carbocycles. The molecule has 0 radical (unpaired) electrons. The fourth-order valence-electron chi connectivity index (χ4n) is 2.75. The summed E-state index contributed by atoms with van der Waals surface area (Å²) in [4.78, 5) is 26.4. The molecule has 26 heavy (non-hydrogen) atoms. The second-order valence-electron chi connectivity index (χ2n) is 5.98. The largest absolute Gasteiger partial charge is 0.337 e. The normalized spacial score (nSPS) is 10.7. The Balaban J connectivity index is 1.75. The number of amides is 1. The van der Waals surface area contributed by atoms with Crippen LogP contribution < -0.4 is 5.56 Å². The molecule has 7 heteroatoms. The maximum atomic E-state index is 12.7. The van der Waals surface area contributed by atoms with Gasteiger partial charge in [-0.05, 0) is 43.7 Å². The van der Waals surface area contributed by atoms with Gasteiger partial charge in [-0.3, -0.25) is 14.3 Å². The van der Waals surface area contributed by atoms with E-state index in [0.717, 1.165) is 11.3 Å². The number of hydrogen-bond donors (Lipinski definition) is 1. The van der Waals surface area contributed by atoms with E-state index in [0.29, 0.717) is 30.8 Å². The minimum Gasteiger partial charge on any atom is -0.337 e. The number of H-pyrrole nitrogens is 1. The quantitative estimate of drug-likeness (QED) is 0.737. The van der Waals surface area contributed by atoms with Gasteiger partial charge in [0, 0.05) is 31.0 Å². The van der Waals surface area contributed by atoms with Crippen molar-refractivity contribution in [3.63, 3.8) is 0 Å². The van der Waals surface area contributed by atoms with Crippen LogP contribution in [0.4, 0.5) is 0 Å². The lowest BCUT2D eigenvalue weighted by Gasteiger charge is -2.21. The topological polar surface area (TPSA) is 83.9 Å². The summed E-state index contributed by atoms with van der Waals surface area (Å²) in [5.74, 6) is -0.0361. The van der Waals surface area contributed by atoms with Crippen LogP contribution >= 0.6 is 0 Å². The van der Waals surface area contributed by atoms with Gasteiger partial charge in [-0.15, -0.1) is 0 Å². The average Bonchev–Trinajstić information content (AvgIpc) is 3.18. The smallest absolute Gasteiger partial charge is 0.272 e. The van der Waals surface area contributed by atoms with Crippen molar-refractivity contribution in [3.05, 3.63) is 70.4 Å². The van der Waals surface area contributed by atoms with Crippen molar-refractivity contribution in [1.29, 1.82) is 0 Å². The van der Waals surface area contributed by atoms with Crippen LogP contribution in [0.15, 0.2) is 53.6 Å². The fourth-order valence-corrected chi connectivity index (χ4v) is 2.75. The van der Waals surface area contributed by atoms with Gasteiger partial charge in [0.25, 0.3) is 11.5 Å². The van der Waals surface area contributed by atoms with Gasteiger partial charge in [-0.25, -0.2) is 5.10 Å². The molecule has 2 heterocycles. The van der Waals surface area contributed by atoms with Crippen molar-refractivity contribution in [2.45, 2.75) is 20.4 Å². The third kappa shape index (κ3) is 3.88. The number of hydrogen-bond acceptors (Lipinski definition) is 4. The molecule has 3 aromatic rings. The van der Waals surface area contributed by atoms with Gasteiger partial charge in [-0.2, -0.15) is 10.2 Å². The van der Waals surface area contributed by atoms with Crippen LogP contribution in [0, 0.1) is 6.92 Å². The second kappa shape index (κ2) is 7.77. The number of likely N-dealkylation sites (N-methyl/N-ethyl adjacent to an activating group) is 1. The van der Waals surface area contributed by atoms with Crippen molar-refractivity contribution in [3.8, 4) is 11.1 Å². The molecule has 0 saturated heterocycles. The molecule has 0 aliphatic heterocycles. The Morgan fingerprint density at radius 2 is 2.04 bits per heavy atom. The zero-order valence-corrected chi connectivity index (χ0v) is 14.8. The van der Waals surface area contributed by atoms with Crippen LogP contribution in [-0.2, 0) is 6.54 Å². The summed E-state index contributed by atoms with van der Waals surface area (Å²) in [7, 11) is 0. The lowest BCUT2D eigenvalue weighted by atomic mass is 10.0. The van der Waals surface area contributed by atoms with Gasteiger partial charge in [0.15, 0.2) is 0 Å². The number of nitrogens with one attached hydrogen (secondary N) is 1. The molecule has 134 valence electrons. The molecule has 0 fully saturated rings. The second-order valence-corrected chi connectivity index (χ2v) is 5.98. The van der Waals surface area contributed by atoms with Crippen LogP contribution in [0.2, 0.25) is 0 Å². The van der Waals surface area contributed by atoms with Gasteiger partial charge in [0.05, 0.1) is 17.8 Å². The first-order valence-corrected chi connectivity index (χ1v) is 8.52. The monoisotopic (exact) mass is 351 g/mol. The Labute approximate surface area is 151 Å². The number of aromatic amines is 1.